The van der Waals surface area contributed by atoms with Crippen molar-refractivity contribution in [2.45, 2.75) is 25.8 Å². The molecule has 0 saturated heterocycles. The third kappa shape index (κ3) is 2.93. The summed E-state index contributed by atoms with van der Waals surface area (Å²) >= 11 is 0. The van der Waals surface area contributed by atoms with E-state index in [4.69, 9.17) is 0 Å². The lowest BCUT2D eigenvalue weighted by molar-refractivity contribution is 0.0931. The summed E-state index contributed by atoms with van der Waals surface area (Å²) < 4.78 is 1.30. The van der Waals surface area contributed by atoms with Gasteiger partial charge in [-0.15, -0.1) is 0 Å². The Kier molecular flexibility index (Phi) is 3.84. The first-order valence-electron chi connectivity index (χ1n) is 8.53. The number of rotatable bonds is 4. The van der Waals surface area contributed by atoms with Crippen LogP contribution in [0.25, 0.3) is 16.5 Å². The number of nitrogens with one attached hydrogen (secondary N) is 1. The number of amides is 1. The van der Waals surface area contributed by atoms with Crippen molar-refractivity contribution in [3.63, 3.8) is 0 Å². The van der Waals surface area contributed by atoms with E-state index in [-0.39, 0.29) is 23.2 Å². The lowest BCUT2D eigenvalue weighted by Gasteiger charge is -2.15. The van der Waals surface area contributed by atoms with Crippen LogP contribution in [-0.2, 0) is 0 Å². The molecule has 1 unspecified atom stereocenters. The highest BCUT2D eigenvalue weighted by Gasteiger charge is 2.30. The minimum Gasteiger partial charge on any atom is -0.348 e. The fraction of sp³-hybridized carbons (Fsp3) is 0.250. The number of para-hydroxylation sites is 1. The SMILES string of the molecule is CC(NC(=O)c1nn(-c2ccccc2)c(=O)c2ccccc12)C1CC1. The average molecular weight is 333 g/mol. The van der Waals surface area contributed by atoms with E-state index in [0.29, 0.717) is 22.4 Å². The second kappa shape index (κ2) is 6.16. The molecule has 1 amide bonds. The van der Waals surface area contributed by atoms with Crippen LogP contribution < -0.4 is 10.9 Å². The topological polar surface area (TPSA) is 64.0 Å². The molecular formula is C20H19N3O2. The zero-order chi connectivity index (χ0) is 17.4. The first-order valence-corrected chi connectivity index (χ1v) is 8.53. The molecule has 1 fully saturated rings. The van der Waals surface area contributed by atoms with Crippen LogP contribution in [0.1, 0.15) is 30.3 Å². The molecule has 0 bridgehead atoms. The van der Waals surface area contributed by atoms with Crippen LogP contribution in [0.5, 0.6) is 0 Å². The lowest BCUT2D eigenvalue weighted by Crippen LogP contribution is -2.36. The van der Waals surface area contributed by atoms with Gasteiger partial charge in [0, 0.05) is 11.4 Å². The molecule has 0 aliphatic heterocycles. The van der Waals surface area contributed by atoms with Gasteiger partial charge in [-0.25, -0.2) is 0 Å². The summed E-state index contributed by atoms with van der Waals surface area (Å²) in [5.41, 5.74) is 0.697. The van der Waals surface area contributed by atoms with E-state index in [2.05, 4.69) is 10.4 Å². The molecule has 3 aromatic rings. The maximum atomic E-state index is 12.8. The van der Waals surface area contributed by atoms with Gasteiger partial charge in [-0.1, -0.05) is 36.4 Å². The molecule has 0 spiro atoms. The molecule has 2 aromatic carbocycles. The highest BCUT2D eigenvalue weighted by Crippen LogP contribution is 2.32. The van der Waals surface area contributed by atoms with E-state index in [1.54, 1.807) is 30.3 Å². The summed E-state index contributed by atoms with van der Waals surface area (Å²) in [6.45, 7) is 2.02. The second-order valence-electron chi connectivity index (χ2n) is 6.55. The molecule has 4 rings (SSSR count). The van der Waals surface area contributed by atoms with Gasteiger partial charge < -0.3 is 5.32 Å². The van der Waals surface area contributed by atoms with E-state index in [1.807, 2.05) is 31.2 Å². The Balaban J connectivity index is 1.86. The first kappa shape index (κ1) is 15.6. The van der Waals surface area contributed by atoms with Gasteiger partial charge in [0.2, 0.25) is 0 Å². The summed E-state index contributed by atoms with van der Waals surface area (Å²) in [5, 5.41) is 8.50. The van der Waals surface area contributed by atoms with Gasteiger partial charge in [-0.05, 0) is 43.9 Å². The molecule has 1 atom stereocenters. The van der Waals surface area contributed by atoms with Crippen LogP contribution in [0.3, 0.4) is 0 Å². The standard InChI is InChI=1S/C20H19N3O2/c1-13(14-11-12-14)21-19(24)18-16-9-5-6-10-17(16)20(25)23(22-18)15-7-3-2-4-8-15/h2-10,13-14H,11-12H2,1H3,(H,21,24). The minimum atomic E-state index is -0.236. The average Bonchev–Trinajstić information content (AvgIpc) is 3.48. The van der Waals surface area contributed by atoms with Gasteiger partial charge in [0.15, 0.2) is 5.69 Å². The molecule has 126 valence electrons. The Labute approximate surface area is 145 Å². The predicted molar refractivity (Wildman–Crippen MR) is 97.0 cm³/mol. The third-order valence-electron chi connectivity index (χ3n) is 4.71. The third-order valence-corrected chi connectivity index (χ3v) is 4.71. The van der Waals surface area contributed by atoms with Gasteiger partial charge in [0.05, 0.1) is 11.1 Å². The molecule has 1 aliphatic rings. The fourth-order valence-electron chi connectivity index (χ4n) is 3.09. The fourth-order valence-corrected chi connectivity index (χ4v) is 3.09. The molecule has 25 heavy (non-hydrogen) atoms. The smallest absolute Gasteiger partial charge is 0.279 e. The molecule has 1 N–H and O–H groups in total. The zero-order valence-corrected chi connectivity index (χ0v) is 14.0. The van der Waals surface area contributed by atoms with Crippen LogP contribution in [0.2, 0.25) is 0 Å². The van der Waals surface area contributed by atoms with E-state index in [1.165, 1.54) is 4.68 Å². The van der Waals surface area contributed by atoms with Gasteiger partial charge in [-0.3, -0.25) is 9.59 Å². The molecule has 5 nitrogen and oxygen atoms in total. The normalized spacial score (nSPS) is 15.1. The zero-order valence-electron chi connectivity index (χ0n) is 14.0. The molecule has 0 radical (unpaired) electrons. The van der Waals surface area contributed by atoms with Gasteiger partial charge in [-0.2, -0.15) is 9.78 Å². The Bertz CT molecular complexity index is 991. The Morgan fingerprint density at radius 1 is 1.08 bits per heavy atom. The van der Waals surface area contributed by atoms with Crippen molar-refractivity contribution in [1.82, 2.24) is 15.1 Å². The largest absolute Gasteiger partial charge is 0.348 e. The molecule has 1 aliphatic carbocycles. The van der Waals surface area contributed by atoms with Crippen LogP contribution in [0, 0.1) is 5.92 Å². The Morgan fingerprint density at radius 2 is 1.72 bits per heavy atom. The first-order chi connectivity index (χ1) is 12.1. The number of aromatic nitrogens is 2. The summed E-state index contributed by atoms with van der Waals surface area (Å²) in [6.07, 6.45) is 2.30. The van der Waals surface area contributed by atoms with Crippen LogP contribution in [0.15, 0.2) is 59.4 Å². The van der Waals surface area contributed by atoms with Gasteiger partial charge >= 0.3 is 0 Å². The van der Waals surface area contributed by atoms with E-state index in [9.17, 15) is 9.59 Å². The second-order valence-corrected chi connectivity index (χ2v) is 6.55. The van der Waals surface area contributed by atoms with Crippen molar-refractivity contribution in [3.05, 3.63) is 70.6 Å². The number of hydrogen-bond acceptors (Lipinski definition) is 3. The van der Waals surface area contributed by atoms with Crippen molar-refractivity contribution in [2.24, 2.45) is 5.92 Å². The highest BCUT2D eigenvalue weighted by molar-refractivity contribution is 6.05. The quantitative estimate of drug-likeness (QED) is 0.798. The Morgan fingerprint density at radius 3 is 2.40 bits per heavy atom. The lowest BCUT2D eigenvalue weighted by atomic mass is 10.1. The van der Waals surface area contributed by atoms with Gasteiger partial charge in [0.1, 0.15) is 0 Å². The molecular weight excluding hydrogens is 314 g/mol. The molecule has 1 heterocycles. The summed E-state index contributed by atoms with van der Waals surface area (Å²) in [6, 6.07) is 16.4. The van der Waals surface area contributed by atoms with Crippen molar-refractivity contribution in [3.8, 4) is 5.69 Å². The summed E-state index contributed by atoms with van der Waals surface area (Å²) in [7, 11) is 0. The Hall–Kier alpha value is -2.95. The molecule has 5 heteroatoms. The minimum absolute atomic E-state index is 0.116. The summed E-state index contributed by atoms with van der Waals surface area (Å²) in [4.78, 5) is 25.6. The number of nitrogens with zero attached hydrogens (tertiary/aromatic N) is 2. The van der Waals surface area contributed by atoms with Gasteiger partial charge in [0.25, 0.3) is 11.5 Å². The number of fused-ring (bicyclic) bond motifs is 1. The van der Waals surface area contributed by atoms with E-state index >= 15 is 0 Å². The van der Waals surface area contributed by atoms with E-state index in [0.717, 1.165) is 12.8 Å². The van der Waals surface area contributed by atoms with Crippen molar-refractivity contribution in [1.29, 1.82) is 0 Å². The number of carbonyl (C=O) groups excluding carboxylic acids is 1. The maximum Gasteiger partial charge on any atom is 0.279 e. The summed E-state index contributed by atoms with van der Waals surface area (Å²) in [5.74, 6) is 0.315. The monoisotopic (exact) mass is 333 g/mol. The van der Waals surface area contributed by atoms with Crippen molar-refractivity contribution >= 4 is 16.7 Å². The molecule has 1 aromatic heterocycles. The number of benzene rings is 2. The maximum absolute atomic E-state index is 12.8. The predicted octanol–water partition coefficient (Wildman–Crippen LogP) is 2.91. The number of hydrogen-bond donors (Lipinski definition) is 1. The van der Waals surface area contributed by atoms with Crippen molar-refractivity contribution < 1.29 is 4.79 Å². The highest BCUT2D eigenvalue weighted by atomic mass is 16.2. The molecule has 1 saturated carbocycles. The number of carbonyl (C=O) groups is 1. The van der Waals surface area contributed by atoms with Crippen LogP contribution in [-0.4, -0.2) is 21.7 Å². The van der Waals surface area contributed by atoms with Crippen LogP contribution in [0.4, 0.5) is 0 Å². The van der Waals surface area contributed by atoms with Crippen molar-refractivity contribution in [2.75, 3.05) is 0 Å². The van der Waals surface area contributed by atoms with E-state index < -0.39 is 0 Å². The van der Waals surface area contributed by atoms with Crippen LogP contribution >= 0.6 is 0 Å².